The standard InChI is InChI=1S/C23H26N4O2/c1-17-16-18(2)27(24-17)20-10-8-19(9-11-20)23(28)26-14-12-25(13-15-26)21-6-4-5-7-22(21)29-3/h4-11,16H,12-15H2,1-3H3. The van der Waals surface area contributed by atoms with Crippen molar-refractivity contribution in [1.29, 1.82) is 0 Å². The number of piperazine rings is 1. The van der Waals surface area contributed by atoms with Crippen molar-refractivity contribution in [2.45, 2.75) is 13.8 Å². The van der Waals surface area contributed by atoms with Crippen LogP contribution in [0.5, 0.6) is 5.75 Å². The first kappa shape index (κ1) is 19.1. The van der Waals surface area contributed by atoms with E-state index in [1.54, 1.807) is 7.11 Å². The van der Waals surface area contributed by atoms with Gasteiger partial charge in [0.25, 0.3) is 5.91 Å². The Bertz CT molecular complexity index is 1000. The highest BCUT2D eigenvalue weighted by atomic mass is 16.5. The van der Waals surface area contributed by atoms with E-state index in [1.807, 2.05) is 72.0 Å². The largest absolute Gasteiger partial charge is 0.495 e. The van der Waals surface area contributed by atoms with E-state index in [9.17, 15) is 4.79 Å². The molecule has 0 N–H and O–H groups in total. The molecule has 0 spiro atoms. The molecule has 1 aliphatic rings. The van der Waals surface area contributed by atoms with Crippen LogP contribution in [0.4, 0.5) is 5.69 Å². The molecular formula is C23H26N4O2. The van der Waals surface area contributed by atoms with Crippen LogP contribution >= 0.6 is 0 Å². The monoisotopic (exact) mass is 390 g/mol. The highest BCUT2D eigenvalue weighted by molar-refractivity contribution is 5.94. The van der Waals surface area contributed by atoms with Crippen molar-refractivity contribution >= 4 is 11.6 Å². The maximum atomic E-state index is 12.9. The first-order chi connectivity index (χ1) is 14.1. The smallest absolute Gasteiger partial charge is 0.253 e. The third-order valence-electron chi connectivity index (χ3n) is 5.36. The number of ether oxygens (including phenoxy) is 1. The van der Waals surface area contributed by atoms with E-state index >= 15 is 0 Å². The summed E-state index contributed by atoms with van der Waals surface area (Å²) in [5.74, 6) is 0.941. The van der Waals surface area contributed by atoms with Crippen LogP contribution in [0.2, 0.25) is 0 Å². The maximum absolute atomic E-state index is 12.9. The highest BCUT2D eigenvalue weighted by Crippen LogP contribution is 2.28. The van der Waals surface area contributed by atoms with Gasteiger partial charge in [0, 0.05) is 37.4 Å². The van der Waals surface area contributed by atoms with Crippen molar-refractivity contribution in [1.82, 2.24) is 14.7 Å². The number of hydrogen-bond acceptors (Lipinski definition) is 4. The van der Waals surface area contributed by atoms with Crippen molar-refractivity contribution in [3.05, 3.63) is 71.5 Å². The molecule has 6 nitrogen and oxygen atoms in total. The predicted molar refractivity (Wildman–Crippen MR) is 114 cm³/mol. The van der Waals surface area contributed by atoms with Crippen LogP contribution in [0.15, 0.2) is 54.6 Å². The number of carbonyl (C=O) groups excluding carboxylic acids is 1. The normalized spacial score (nSPS) is 14.2. The first-order valence-electron chi connectivity index (χ1n) is 9.88. The van der Waals surface area contributed by atoms with Gasteiger partial charge in [-0.1, -0.05) is 12.1 Å². The molecule has 0 bridgehead atoms. The molecule has 0 atom stereocenters. The summed E-state index contributed by atoms with van der Waals surface area (Å²) in [6, 6.07) is 17.8. The quantitative estimate of drug-likeness (QED) is 0.685. The number of aromatic nitrogens is 2. The van der Waals surface area contributed by atoms with Gasteiger partial charge in [0.1, 0.15) is 5.75 Å². The average molecular weight is 390 g/mol. The SMILES string of the molecule is COc1ccccc1N1CCN(C(=O)c2ccc(-n3nc(C)cc3C)cc2)CC1. The van der Waals surface area contributed by atoms with Crippen molar-refractivity contribution in [2.24, 2.45) is 0 Å². The minimum atomic E-state index is 0.0737. The summed E-state index contributed by atoms with van der Waals surface area (Å²) in [4.78, 5) is 17.1. The molecule has 0 unspecified atom stereocenters. The fourth-order valence-electron chi connectivity index (χ4n) is 3.86. The molecule has 4 rings (SSSR count). The predicted octanol–water partition coefficient (Wildman–Crippen LogP) is 3.46. The number of carbonyl (C=O) groups is 1. The lowest BCUT2D eigenvalue weighted by Crippen LogP contribution is -2.48. The van der Waals surface area contributed by atoms with Gasteiger partial charge in [-0.2, -0.15) is 5.10 Å². The molecule has 29 heavy (non-hydrogen) atoms. The topological polar surface area (TPSA) is 50.6 Å². The molecule has 1 aromatic heterocycles. The van der Waals surface area contributed by atoms with Crippen LogP contribution in [0.25, 0.3) is 5.69 Å². The zero-order valence-corrected chi connectivity index (χ0v) is 17.1. The number of nitrogens with zero attached hydrogens (tertiary/aromatic N) is 4. The highest BCUT2D eigenvalue weighted by Gasteiger charge is 2.23. The Morgan fingerprint density at radius 2 is 1.66 bits per heavy atom. The molecule has 2 heterocycles. The van der Waals surface area contributed by atoms with E-state index in [0.717, 1.165) is 41.6 Å². The molecule has 1 amide bonds. The molecule has 2 aromatic carbocycles. The number of hydrogen-bond donors (Lipinski definition) is 0. The summed E-state index contributed by atoms with van der Waals surface area (Å²) in [6.07, 6.45) is 0. The maximum Gasteiger partial charge on any atom is 0.253 e. The Balaban J connectivity index is 1.42. The zero-order chi connectivity index (χ0) is 20.4. The lowest BCUT2D eigenvalue weighted by Gasteiger charge is -2.36. The number of benzene rings is 2. The number of methoxy groups -OCH3 is 1. The fraction of sp³-hybridized carbons (Fsp3) is 0.304. The lowest BCUT2D eigenvalue weighted by atomic mass is 10.1. The number of anilines is 1. The number of para-hydroxylation sites is 2. The first-order valence-corrected chi connectivity index (χ1v) is 9.88. The summed E-state index contributed by atoms with van der Waals surface area (Å²) >= 11 is 0. The Labute approximate surface area is 171 Å². The molecule has 0 aliphatic carbocycles. The van der Waals surface area contributed by atoms with Gasteiger partial charge in [0.05, 0.1) is 24.2 Å². The molecule has 6 heteroatoms. The molecule has 1 saturated heterocycles. The van der Waals surface area contributed by atoms with Crippen LogP contribution in [-0.4, -0.2) is 53.9 Å². The summed E-state index contributed by atoms with van der Waals surface area (Å²) in [5.41, 5.74) is 4.81. The second-order valence-electron chi connectivity index (χ2n) is 7.34. The van der Waals surface area contributed by atoms with Crippen molar-refractivity contribution in [2.75, 3.05) is 38.2 Å². The van der Waals surface area contributed by atoms with Gasteiger partial charge < -0.3 is 14.5 Å². The minimum Gasteiger partial charge on any atom is -0.495 e. The van der Waals surface area contributed by atoms with E-state index < -0.39 is 0 Å². The van der Waals surface area contributed by atoms with Crippen LogP contribution in [0.1, 0.15) is 21.7 Å². The molecular weight excluding hydrogens is 364 g/mol. The summed E-state index contributed by atoms with van der Waals surface area (Å²) in [5, 5.41) is 4.50. The molecule has 150 valence electrons. The lowest BCUT2D eigenvalue weighted by molar-refractivity contribution is 0.0746. The zero-order valence-electron chi connectivity index (χ0n) is 17.1. The van der Waals surface area contributed by atoms with Gasteiger partial charge in [-0.15, -0.1) is 0 Å². The van der Waals surface area contributed by atoms with Gasteiger partial charge >= 0.3 is 0 Å². The van der Waals surface area contributed by atoms with Crippen molar-refractivity contribution in [3.8, 4) is 11.4 Å². The Morgan fingerprint density at radius 1 is 0.966 bits per heavy atom. The summed E-state index contributed by atoms with van der Waals surface area (Å²) in [7, 11) is 1.69. The summed E-state index contributed by atoms with van der Waals surface area (Å²) < 4.78 is 7.37. The average Bonchev–Trinajstić information content (AvgIpc) is 3.11. The second kappa shape index (κ2) is 7.99. The number of amides is 1. The van der Waals surface area contributed by atoms with Gasteiger partial charge in [-0.3, -0.25) is 4.79 Å². The minimum absolute atomic E-state index is 0.0737. The van der Waals surface area contributed by atoms with Crippen LogP contribution < -0.4 is 9.64 Å². The Hall–Kier alpha value is -3.28. The second-order valence-corrected chi connectivity index (χ2v) is 7.34. The molecule has 0 radical (unpaired) electrons. The third kappa shape index (κ3) is 3.83. The molecule has 0 saturated carbocycles. The third-order valence-corrected chi connectivity index (χ3v) is 5.36. The fourth-order valence-corrected chi connectivity index (χ4v) is 3.86. The number of rotatable bonds is 4. The van der Waals surface area contributed by atoms with Gasteiger partial charge in [0.15, 0.2) is 0 Å². The molecule has 1 aliphatic heterocycles. The number of aryl methyl sites for hydroxylation is 2. The summed E-state index contributed by atoms with van der Waals surface area (Å²) in [6.45, 7) is 6.96. The Kier molecular flexibility index (Phi) is 5.25. The molecule has 3 aromatic rings. The molecule has 1 fully saturated rings. The van der Waals surface area contributed by atoms with Crippen LogP contribution in [0, 0.1) is 13.8 Å². The van der Waals surface area contributed by atoms with E-state index in [-0.39, 0.29) is 5.91 Å². The van der Waals surface area contributed by atoms with Gasteiger partial charge in [0.2, 0.25) is 0 Å². The van der Waals surface area contributed by atoms with E-state index in [2.05, 4.69) is 16.1 Å². The van der Waals surface area contributed by atoms with Crippen molar-refractivity contribution in [3.63, 3.8) is 0 Å². The van der Waals surface area contributed by atoms with E-state index in [1.165, 1.54) is 0 Å². The van der Waals surface area contributed by atoms with Crippen LogP contribution in [-0.2, 0) is 0 Å². The van der Waals surface area contributed by atoms with E-state index in [0.29, 0.717) is 18.7 Å². The Morgan fingerprint density at radius 3 is 2.28 bits per heavy atom. The van der Waals surface area contributed by atoms with Crippen molar-refractivity contribution < 1.29 is 9.53 Å². The van der Waals surface area contributed by atoms with Gasteiger partial charge in [-0.25, -0.2) is 4.68 Å². The van der Waals surface area contributed by atoms with E-state index in [4.69, 9.17) is 4.74 Å². The van der Waals surface area contributed by atoms with Gasteiger partial charge in [-0.05, 0) is 56.3 Å². The van der Waals surface area contributed by atoms with Crippen LogP contribution in [0.3, 0.4) is 0 Å².